The van der Waals surface area contributed by atoms with Crippen LogP contribution < -0.4 is 16.2 Å². The maximum absolute atomic E-state index is 12.1. The van der Waals surface area contributed by atoms with E-state index in [2.05, 4.69) is 31.1 Å². The minimum atomic E-state index is -0.635. The molecule has 1 amide bonds. The standard InChI is InChI=1S/C18H17N7O3/c1-12-7-8-19-14(9-12)22-17-16(25(27)28)18(21-11-20-17)24-23-15(26)10-13-5-3-2-4-6-13/h2-9,11H,10H2,1H3,(H,23,26)(H2,19,20,21,22,24). The third-order valence-electron chi connectivity index (χ3n) is 3.69. The van der Waals surface area contributed by atoms with Crippen molar-refractivity contribution in [2.45, 2.75) is 13.3 Å². The first-order chi connectivity index (χ1) is 13.5. The number of nitrogens with one attached hydrogen (secondary N) is 3. The molecule has 28 heavy (non-hydrogen) atoms. The van der Waals surface area contributed by atoms with E-state index < -0.39 is 10.6 Å². The molecule has 0 aliphatic rings. The molecule has 3 N–H and O–H groups in total. The largest absolute Gasteiger partial charge is 0.355 e. The second-order valence-electron chi connectivity index (χ2n) is 5.86. The molecule has 0 fully saturated rings. The normalized spacial score (nSPS) is 10.2. The summed E-state index contributed by atoms with van der Waals surface area (Å²) >= 11 is 0. The van der Waals surface area contributed by atoms with Crippen LogP contribution >= 0.6 is 0 Å². The molecule has 10 heteroatoms. The lowest BCUT2D eigenvalue weighted by Crippen LogP contribution is -2.31. The van der Waals surface area contributed by atoms with Gasteiger partial charge in [0.15, 0.2) is 0 Å². The molecule has 0 unspecified atom stereocenters. The number of aryl methyl sites for hydroxylation is 1. The average Bonchev–Trinajstić information content (AvgIpc) is 2.67. The molecule has 0 saturated heterocycles. The highest BCUT2D eigenvalue weighted by Gasteiger charge is 2.24. The number of nitrogens with zero attached hydrogens (tertiary/aromatic N) is 4. The fraction of sp³-hybridized carbons (Fsp3) is 0.111. The van der Waals surface area contributed by atoms with Gasteiger partial charge < -0.3 is 5.32 Å². The van der Waals surface area contributed by atoms with Gasteiger partial charge in [0.05, 0.1) is 11.3 Å². The molecular formula is C18H17N7O3. The number of hydrogen-bond acceptors (Lipinski definition) is 8. The molecule has 0 saturated carbocycles. The van der Waals surface area contributed by atoms with Gasteiger partial charge in [-0.15, -0.1) is 0 Å². The Labute approximate surface area is 160 Å². The number of nitro groups is 1. The summed E-state index contributed by atoms with van der Waals surface area (Å²) in [6.45, 7) is 1.87. The van der Waals surface area contributed by atoms with Crippen molar-refractivity contribution in [2.24, 2.45) is 0 Å². The Hall–Kier alpha value is -4.08. The fourth-order valence-electron chi connectivity index (χ4n) is 2.41. The van der Waals surface area contributed by atoms with Crippen LogP contribution in [0.2, 0.25) is 0 Å². The smallest absolute Gasteiger partial charge is 0.319 e. The maximum atomic E-state index is 12.1. The summed E-state index contributed by atoms with van der Waals surface area (Å²) in [6, 6.07) is 12.6. The highest BCUT2D eigenvalue weighted by Crippen LogP contribution is 2.30. The van der Waals surface area contributed by atoms with Gasteiger partial charge in [-0.3, -0.25) is 25.8 Å². The second kappa shape index (κ2) is 8.54. The van der Waals surface area contributed by atoms with Crippen molar-refractivity contribution < 1.29 is 9.72 Å². The van der Waals surface area contributed by atoms with Crippen LogP contribution in [0.15, 0.2) is 55.0 Å². The van der Waals surface area contributed by atoms with Gasteiger partial charge in [-0.25, -0.2) is 15.0 Å². The molecule has 2 aromatic heterocycles. The minimum Gasteiger partial charge on any atom is -0.319 e. The van der Waals surface area contributed by atoms with Crippen LogP contribution in [0.3, 0.4) is 0 Å². The number of amides is 1. The van der Waals surface area contributed by atoms with E-state index in [0.717, 1.165) is 17.5 Å². The summed E-state index contributed by atoms with van der Waals surface area (Å²) in [7, 11) is 0. The number of aromatic nitrogens is 3. The summed E-state index contributed by atoms with van der Waals surface area (Å²) in [6.07, 6.45) is 2.84. The van der Waals surface area contributed by atoms with E-state index in [9.17, 15) is 14.9 Å². The summed E-state index contributed by atoms with van der Waals surface area (Å²) < 4.78 is 0. The topological polar surface area (TPSA) is 135 Å². The molecule has 0 atom stereocenters. The Balaban J connectivity index is 1.75. The minimum absolute atomic E-state index is 0.0436. The number of anilines is 3. The molecule has 3 rings (SSSR count). The first-order valence-electron chi connectivity index (χ1n) is 8.31. The zero-order chi connectivity index (χ0) is 19.9. The van der Waals surface area contributed by atoms with Gasteiger partial charge in [0.1, 0.15) is 12.1 Å². The number of carbonyl (C=O) groups excluding carboxylic acids is 1. The van der Waals surface area contributed by atoms with Crippen LogP contribution in [-0.2, 0) is 11.2 Å². The first kappa shape index (κ1) is 18.7. The van der Waals surface area contributed by atoms with E-state index in [0.29, 0.717) is 5.82 Å². The highest BCUT2D eigenvalue weighted by molar-refractivity contribution is 5.81. The Morgan fingerprint density at radius 2 is 1.86 bits per heavy atom. The number of pyridine rings is 1. The van der Waals surface area contributed by atoms with Crippen molar-refractivity contribution in [3.8, 4) is 0 Å². The van der Waals surface area contributed by atoms with Crippen LogP contribution in [0, 0.1) is 17.0 Å². The Kier molecular flexibility index (Phi) is 5.70. The molecule has 2 heterocycles. The number of hydrazine groups is 1. The van der Waals surface area contributed by atoms with Gasteiger partial charge >= 0.3 is 5.69 Å². The summed E-state index contributed by atoms with van der Waals surface area (Å²) in [4.78, 5) is 34.9. The lowest BCUT2D eigenvalue weighted by molar-refractivity contribution is -0.383. The van der Waals surface area contributed by atoms with Crippen molar-refractivity contribution in [2.75, 3.05) is 10.7 Å². The second-order valence-corrected chi connectivity index (χ2v) is 5.86. The number of hydrogen-bond donors (Lipinski definition) is 3. The van der Waals surface area contributed by atoms with Gasteiger partial charge in [0, 0.05) is 6.20 Å². The summed E-state index contributed by atoms with van der Waals surface area (Å²) in [5.74, 6) is -0.149. The highest BCUT2D eigenvalue weighted by atomic mass is 16.6. The Morgan fingerprint density at radius 1 is 1.11 bits per heavy atom. The third-order valence-corrected chi connectivity index (χ3v) is 3.69. The Morgan fingerprint density at radius 3 is 2.57 bits per heavy atom. The monoisotopic (exact) mass is 379 g/mol. The van der Waals surface area contributed by atoms with E-state index in [1.54, 1.807) is 18.3 Å². The van der Waals surface area contributed by atoms with E-state index in [1.807, 2.05) is 37.3 Å². The number of benzene rings is 1. The molecule has 10 nitrogen and oxygen atoms in total. The molecular weight excluding hydrogens is 362 g/mol. The summed E-state index contributed by atoms with van der Waals surface area (Å²) in [5, 5.41) is 14.4. The Bertz CT molecular complexity index is 995. The molecule has 0 aliphatic heterocycles. The molecule has 1 aromatic carbocycles. The fourth-order valence-corrected chi connectivity index (χ4v) is 2.41. The van der Waals surface area contributed by atoms with Crippen molar-refractivity contribution in [1.82, 2.24) is 20.4 Å². The first-order valence-corrected chi connectivity index (χ1v) is 8.31. The maximum Gasteiger partial charge on any atom is 0.355 e. The van der Waals surface area contributed by atoms with Crippen LogP contribution in [0.4, 0.5) is 23.1 Å². The molecule has 0 bridgehead atoms. The quantitative estimate of drug-likeness (QED) is 0.421. The predicted octanol–water partition coefficient (Wildman–Crippen LogP) is 2.52. The van der Waals surface area contributed by atoms with Crippen LogP contribution in [0.5, 0.6) is 0 Å². The van der Waals surface area contributed by atoms with Crippen LogP contribution in [0.25, 0.3) is 0 Å². The average molecular weight is 379 g/mol. The van der Waals surface area contributed by atoms with Crippen molar-refractivity contribution in [3.63, 3.8) is 0 Å². The van der Waals surface area contributed by atoms with Crippen molar-refractivity contribution >= 4 is 29.0 Å². The van der Waals surface area contributed by atoms with Gasteiger partial charge in [0.2, 0.25) is 17.5 Å². The van der Waals surface area contributed by atoms with E-state index in [-0.39, 0.29) is 24.0 Å². The van der Waals surface area contributed by atoms with Crippen molar-refractivity contribution in [1.29, 1.82) is 0 Å². The zero-order valence-electron chi connectivity index (χ0n) is 14.9. The third kappa shape index (κ3) is 4.75. The molecule has 0 spiro atoms. The zero-order valence-corrected chi connectivity index (χ0v) is 14.9. The number of carbonyl (C=O) groups is 1. The van der Waals surface area contributed by atoms with Gasteiger partial charge in [-0.2, -0.15) is 0 Å². The molecule has 142 valence electrons. The number of rotatable bonds is 7. The predicted molar refractivity (Wildman–Crippen MR) is 103 cm³/mol. The van der Waals surface area contributed by atoms with Crippen LogP contribution in [0.1, 0.15) is 11.1 Å². The molecule has 3 aromatic rings. The molecule has 0 radical (unpaired) electrons. The van der Waals surface area contributed by atoms with E-state index in [1.165, 1.54) is 0 Å². The van der Waals surface area contributed by atoms with Gasteiger partial charge in [-0.1, -0.05) is 30.3 Å². The molecule has 0 aliphatic carbocycles. The lowest BCUT2D eigenvalue weighted by atomic mass is 10.1. The van der Waals surface area contributed by atoms with Crippen molar-refractivity contribution in [3.05, 3.63) is 76.2 Å². The SMILES string of the molecule is Cc1ccnc(Nc2ncnc(NNC(=O)Cc3ccccc3)c2[N+](=O)[O-])c1. The lowest BCUT2D eigenvalue weighted by Gasteiger charge is -2.11. The van der Waals surface area contributed by atoms with Gasteiger partial charge in [0.25, 0.3) is 0 Å². The summed E-state index contributed by atoms with van der Waals surface area (Å²) in [5.41, 5.74) is 6.25. The van der Waals surface area contributed by atoms with Crippen LogP contribution in [-0.4, -0.2) is 25.8 Å². The van der Waals surface area contributed by atoms with E-state index >= 15 is 0 Å². The van der Waals surface area contributed by atoms with Gasteiger partial charge in [-0.05, 0) is 30.2 Å². The van der Waals surface area contributed by atoms with E-state index in [4.69, 9.17) is 0 Å².